The molecule has 0 saturated carbocycles. The van der Waals surface area contributed by atoms with Gasteiger partial charge in [-0.15, -0.1) is 0 Å². The molecule has 0 unspecified atom stereocenters. The smallest absolute Gasteiger partial charge is 0.127 e. The van der Waals surface area contributed by atoms with E-state index in [1.807, 2.05) is 12.1 Å². The van der Waals surface area contributed by atoms with E-state index in [0.717, 1.165) is 42.3 Å². The maximum Gasteiger partial charge on any atom is 0.127 e. The van der Waals surface area contributed by atoms with E-state index in [9.17, 15) is 0 Å². The van der Waals surface area contributed by atoms with Gasteiger partial charge in [0.25, 0.3) is 0 Å². The Bertz CT molecular complexity index is 771. The molecule has 2 heterocycles. The third-order valence-corrected chi connectivity index (χ3v) is 5.06. The van der Waals surface area contributed by atoms with Gasteiger partial charge in [-0.3, -0.25) is 0 Å². The second kappa shape index (κ2) is 6.03. The summed E-state index contributed by atoms with van der Waals surface area (Å²) in [6.45, 7) is 2.83. The highest BCUT2D eigenvalue weighted by Gasteiger charge is 2.24. The van der Waals surface area contributed by atoms with Crippen molar-refractivity contribution >= 4 is 17.2 Å². The molecule has 0 N–H and O–H groups in total. The van der Waals surface area contributed by atoms with E-state index in [2.05, 4.69) is 42.3 Å². The minimum absolute atomic E-state index is 0.613. The average Bonchev–Trinajstić information content (AvgIpc) is 2.72. The third-order valence-electron chi connectivity index (χ3n) is 4.82. The molecule has 4 rings (SSSR count). The van der Waals surface area contributed by atoms with Crippen LogP contribution in [0.2, 0.25) is 5.02 Å². The average molecular weight is 326 g/mol. The molecule has 2 aliphatic rings. The highest BCUT2D eigenvalue weighted by atomic mass is 35.5. The molecular formula is C20H20ClNO. The van der Waals surface area contributed by atoms with Crippen LogP contribution < -0.4 is 4.74 Å². The second-order valence-electron chi connectivity index (χ2n) is 6.37. The highest BCUT2D eigenvalue weighted by molar-refractivity contribution is 6.30. The molecule has 0 spiro atoms. The molecule has 0 atom stereocenters. The molecule has 0 radical (unpaired) electrons. The normalized spacial score (nSPS) is 18.0. The summed E-state index contributed by atoms with van der Waals surface area (Å²) in [4.78, 5) is 2.39. The number of benzene rings is 2. The van der Waals surface area contributed by atoms with E-state index >= 15 is 0 Å². The Hall–Kier alpha value is -1.77. The fourth-order valence-electron chi connectivity index (χ4n) is 3.53. The summed E-state index contributed by atoms with van der Waals surface area (Å²) >= 11 is 6.30. The number of nitrogens with zero attached hydrogens (tertiary/aromatic N) is 1. The van der Waals surface area contributed by atoms with Crippen molar-refractivity contribution in [2.75, 3.05) is 20.1 Å². The van der Waals surface area contributed by atoms with Crippen LogP contribution in [0.5, 0.6) is 5.75 Å². The first kappa shape index (κ1) is 14.8. The van der Waals surface area contributed by atoms with E-state index < -0.39 is 0 Å². The van der Waals surface area contributed by atoms with Gasteiger partial charge in [-0.2, -0.15) is 0 Å². The Labute approximate surface area is 142 Å². The molecule has 0 aromatic heterocycles. The SMILES string of the molecule is CN1CCC(=C2c3ccccc3COc3ccc(Cl)cc32)CC1. The largest absolute Gasteiger partial charge is 0.488 e. The summed E-state index contributed by atoms with van der Waals surface area (Å²) in [6, 6.07) is 14.5. The summed E-state index contributed by atoms with van der Waals surface area (Å²) in [5.74, 6) is 0.937. The van der Waals surface area contributed by atoms with Gasteiger partial charge in [0.05, 0.1) is 0 Å². The molecule has 1 saturated heterocycles. The van der Waals surface area contributed by atoms with Crippen molar-refractivity contribution in [3.63, 3.8) is 0 Å². The Morgan fingerprint density at radius 3 is 2.61 bits per heavy atom. The topological polar surface area (TPSA) is 12.5 Å². The summed E-state index contributed by atoms with van der Waals surface area (Å²) < 4.78 is 6.07. The maximum absolute atomic E-state index is 6.30. The van der Waals surface area contributed by atoms with Gasteiger partial charge in [-0.1, -0.05) is 41.4 Å². The molecule has 23 heavy (non-hydrogen) atoms. The maximum atomic E-state index is 6.30. The molecule has 0 amide bonds. The van der Waals surface area contributed by atoms with E-state index in [1.54, 1.807) is 0 Å². The van der Waals surface area contributed by atoms with E-state index in [1.165, 1.54) is 22.3 Å². The lowest BCUT2D eigenvalue weighted by atomic mass is 9.86. The number of rotatable bonds is 0. The van der Waals surface area contributed by atoms with Crippen LogP contribution in [0, 0.1) is 0 Å². The van der Waals surface area contributed by atoms with Crippen LogP contribution in [-0.2, 0) is 6.61 Å². The van der Waals surface area contributed by atoms with Crippen LogP contribution in [0.25, 0.3) is 5.57 Å². The molecule has 2 nitrogen and oxygen atoms in total. The van der Waals surface area contributed by atoms with Crippen LogP contribution in [0.1, 0.15) is 29.5 Å². The standard InChI is InChI=1S/C20H20ClNO/c1-22-10-8-14(9-11-22)20-17-5-3-2-4-15(17)13-23-19-7-6-16(21)12-18(19)20/h2-7,12H,8-11,13H2,1H3. The highest BCUT2D eigenvalue weighted by Crippen LogP contribution is 2.41. The zero-order valence-electron chi connectivity index (χ0n) is 13.3. The van der Waals surface area contributed by atoms with Crippen LogP contribution in [0.4, 0.5) is 0 Å². The molecule has 3 heteroatoms. The van der Waals surface area contributed by atoms with Gasteiger partial charge in [0.2, 0.25) is 0 Å². The van der Waals surface area contributed by atoms with Gasteiger partial charge in [0.15, 0.2) is 0 Å². The first-order valence-corrected chi connectivity index (χ1v) is 8.52. The molecule has 2 aliphatic heterocycles. The molecule has 1 fully saturated rings. The predicted molar refractivity (Wildman–Crippen MR) is 95.0 cm³/mol. The van der Waals surface area contributed by atoms with E-state index in [-0.39, 0.29) is 0 Å². The van der Waals surface area contributed by atoms with Crippen LogP contribution >= 0.6 is 11.6 Å². The van der Waals surface area contributed by atoms with Crippen molar-refractivity contribution in [3.8, 4) is 5.75 Å². The Morgan fingerprint density at radius 2 is 1.78 bits per heavy atom. The van der Waals surface area contributed by atoms with Crippen molar-refractivity contribution in [2.24, 2.45) is 0 Å². The zero-order valence-corrected chi connectivity index (χ0v) is 14.1. The molecule has 0 aliphatic carbocycles. The number of hydrogen-bond acceptors (Lipinski definition) is 2. The zero-order chi connectivity index (χ0) is 15.8. The number of halogens is 1. The van der Waals surface area contributed by atoms with Gasteiger partial charge in [0, 0.05) is 23.7 Å². The number of likely N-dealkylation sites (tertiary alicyclic amines) is 1. The summed E-state index contributed by atoms with van der Waals surface area (Å²) in [5, 5.41) is 0.762. The molecule has 0 bridgehead atoms. The number of hydrogen-bond donors (Lipinski definition) is 0. The molecule has 2 aromatic carbocycles. The first-order chi connectivity index (χ1) is 11.2. The quantitative estimate of drug-likeness (QED) is 0.692. The van der Waals surface area contributed by atoms with E-state index in [0.29, 0.717) is 6.61 Å². The Morgan fingerprint density at radius 1 is 1.00 bits per heavy atom. The van der Waals surface area contributed by atoms with Crippen LogP contribution in [0.15, 0.2) is 48.0 Å². The number of fused-ring (bicyclic) bond motifs is 2. The molecule has 2 aromatic rings. The van der Waals surface area contributed by atoms with Crippen molar-refractivity contribution in [3.05, 3.63) is 69.8 Å². The third kappa shape index (κ3) is 2.77. The van der Waals surface area contributed by atoms with Gasteiger partial charge < -0.3 is 9.64 Å². The summed E-state index contributed by atoms with van der Waals surface area (Å²) in [7, 11) is 2.19. The minimum atomic E-state index is 0.613. The van der Waals surface area contributed by atoms with Crippen molar-refractivity contribution in [1.29, 1.82) is 0 Å². The molecular weight excluding hydrogens is 306 g/mol. The van der Waals surface area contributed by atoms with Gasteiger partial charge in [0.1, 0.15) is 12.4 Å². The predicted octanol–water partition coefficient (Wildman–Crippen LogP) is 4.76. The molecule has 118 valence electrons. The van der Waals surface area contributed by atoms with Crippen LogP contribution in [-0.4, -0.2) is 25.0 Å². The van der Waals surface area contributed by atoms with Crippen molar-refractivity contribution in [2.45, 2.75) is 19.4 Å². The van der Waals surface area contributed by atoms with E-state index in [4.69, 9.17) is 16.3 Å². The summed E-state index contributed by atoms with van der Waals surface area (Å²) in [6.07, 6.45) is 2.21. The number of piperidine rings is 1. The van der Waals surface area contributed by atoms with Crippen molar-refractivity contribution < 1.29 is 4.74 Å². The fourth-order valence-corrected chi connectivity index (χ4v) is 3.71. The minimum Gasteiger partial charge on any atom is -0.488 e. The fraction of sp³-hybridized carbons (Fsp3) is 0.300. The van der Waals surface area contributed by atoms with Crippen LogP contribution in [0.3, 0.4) is 0 Å². The monoisotopic (exact) mass is 325 g/mol. The number of ether oxygens (including phenoxy) is 1. The van der Waals surface area contributed by atoms with Crippen molar-refractivity contribution in [1.82, 2.24) is 4.90 Å². The Kier molecular flexibility index (Phi) is 3.88. The lowest BCUT2D eigenvalue weighted by molar-refractivity contribution is 0.307. The first-order valence-electron chi connectivity index (χ1n) is 8.14. The Balaban J connectivity index is 1.95. The van der Waals surface area contributed by atoms with Gasteiger partial charge in [-0.05, 0) is 54.8 Å². The van der Waals surface area contributed by atoms with Gasteiger partial charge in [-0.25, -0.2) is 0 Å². The summed E-state index contributed by atoms with van der Waals surface area (Å²) in [5.41, 5.74) is 6.55. The lowest BCUT2D eigenvalue weighted by Crippen LogP contribution is -2.27. The second-order valence-corrected chi connectivity index (χ2v) is 6.80. The van der Waals surface area contributed by atoms with Gasteiger partial charge >= 0.3 is 0 Å². The lowest BCUT2D eigenvalue weighted by Gasteiger charge is -2.27.